The van der Waals surface area contributed by atoms with Gasteiger partial charge in [0.25, 0.3) is 0 Å². The summed E-state index contributed by atoms with van der Waals surface area (Å²) in [7, 11) is 1.76. The summed E-state index contributed by atoms with van der Waals surface area (Å²) in [6.07, 6.45) is 6.71. The number of methoxy groups -OCH3 is 1. The number of hydrogen-bond donors (Lipinski definition) is 1. The lowest BCUT2D eigenvalue weighted by Gasteiger charge is -2.21. The van der Waals surface area contributed by atoms with Gasteiger partial charge in [0.1, 0.15) is 0 Å². The smallest absolute Gasteiger partial charge is 0.0733 e. The molecule has 1 aromatic rings. The van der Waals surface area contributed by atoms with Crippen LogP contribution >= 0.6 is 0 Å². The lowest BCUT2D eigenvalue weighted by molar-refractivity contribution is 0.185. The van der Waals surface area contributed by atoms with Gasteiger partial charge in [0.2, 0.25) is 0 Å². The van der Waals surface area contributed by atoms with Crippen LogP contribution in [0.3, 0.4) is 0 Å². The molecule has 0 radical (unpaired) electrons. The van der Waals surface area contributed by atoms with Crippen molar-refractivity contribution < 1.29 is 4.74 Å². The summed E-state index contributed by atoms with van der Waals surface area (Å²) in [6, 6.07) is 9.14. The first-order valence-electron chi connectivity index (χ1n) is 8.04. The van der Waals surface area contributed by atoms with Gasteiger partial charge < -0.3 is 10.1 Å². The van der Waals surface area contributed by atoms with Gasteiger partial charge in [0.05, 0.1) is 6.61 Å². The summed E-state index contributed by atoms with van der Waals surface area (Å²) < 4.78 is 5.29. The van der Waals surface area contributed by atoms with E-state index in [1.165, 1.54) is 43.4 Å². The Morgan fingerprint density at radius 2 is 1.95 bits per heavy atom. The van der Waals surface area contributed by atoms with Gasteiger partial charge in [0.15, 0.2) is 0 Å². The molecule has 2 unspecified atom stereocenters. The number of benzene rings is 1. The van der Waals surface area contributed by atoms with Crippen molar-refractivity contribution in [2.75, 3.05) is 12.4 Å². The van der Waals surface area contributed by atoms with Crippen molar-refractivity contribution in [3.05, 3.63) is 29.8 Å². The molecule has 112 valence electrons. The highest BCUT2D eigenvalue weighted by atomic mass is 16.5. The first-order chi connectivity index (χ1) is 9.70. The molecule has 2 heteroatoms. The van der Waals surface area contributed by atoms with Crippen LogP contribution < -0.4 is 5.32 Å². The number of ether oxygens (including phenoxy) is 1. The van der Waals surface area contributed by atoms with Crippen molar-refractivity contribution in [3.63, 3.8) is 0 Å². The van der Waals surface area contributed by atoms with E-state index in [1.807, 2.05) is 0 Å². The Morgan fingerprint density at radius 1 is 1.15 bits per heavy atom. The van der Waals surface area contributed by atoms with Crippen LogP contribution in [-0.2, 0) is 11.3 Å². The van der Waals surface area contributed by atoms with Gasteiger partial charge in [-0.1, -0.05) is 44.9 Å². The van der Waals surface area contributed by atoms with E-state index in [2.05, 4.69) is 43.4 Å². The predicted molar refractivity (Wildman–Crippen MR) is 86.0 cm³/mol. The van der Waals surface area contributed by atoms with Crippen LogP contribution in [0.5, 0.6) is 0 Å². The van der Waals surface area contributed by atoms with Crippen molar-refractivity contribution in [2.24, 2.45) is 11.8 Å². The van der Waals surface area contributed by atoms with Gasteiger partial charge in [-0.05, 0) is 37.2 Å². The molecular weight excluding hydrogens is 246 g/mol. The molecule has 2 nitrogen and oxygen atoms in total. The monoisotopic (exact) mass is 275 g/mol. The summed E-state index contributed by atoms with van der Waals surface area (Å²) in [5.41, 5.74) is 2.52. The van der Waals surface area contributed by atoms with Crippen LogP contribution in [0.25, 0.3) is 0 Å². The minimum atomic E-state index is 0.622. The molecule has 20 heavy (non-hydrogen) atoms. The fourth-order valence-corrected chi connectivity index (χ4v) is 3.30. The van der Waals surface area contributed by atoms with E-state index in [0.717, 1.165) is 11.8 Å². The van der Waals surface area contributed by atoms with Crippen LogP contribution in [0.1, 0.15) is 51.5 Å². The first kappa shape index (κ1) is 15.4. The maximum atomic E-state index is 5.29. The van der Waals surface area contributed by atoms with Crippen LogP contribution in [-0.4, -0.2) is 13.2 Å². The zero-order chi connectivity index (χ0) is 14.4. The SMILES string of the molecule is COCc1ccccc1NC1CCCC(C(C)C)CC1. The largest absolute Gasteiger partial charge is 0.382 e. The topological polar surface area (TPSA) is 21.3 Å². The molecule has 0 saturated heterocycles. The molecule has 1 fully saturated rings. The third-order valence-corrected chi connectivity index (χ3v) is 4.63. The van der Waals surface area contributed by atoms with E-state index in [1.54, 1.807) is 7.11 Å². The van der Waals surface area contributed by atoms with Crippen LogP contribution in [0.15, 0.2) is 24.3 Å². The van der Waals surface area contributed by atoms with Gasteiger partial charge in [-0.15, -0.1) is 0 Å². The Kier molecular flexibility index (Phi) is 5.90. The molecule has 0 aliphatic heterocycles. The molecule has 0 bridgehead atoms. The first-order valence-corrected chi connectivity index (χ1v) is 8.04. The second-order valence-electron chi connectivity index (χ2n) is 6.44. The predicted octanol–water partition coefficient (Wildman–Crippen LogP) is 4.85. The van der Waals surface area contributed by atoms with E-state index in [4.69, 9.17) is 4.74 Å². The third kappa shape index (κ3) is 4.24. The van der Waals surface area contributed by atoms with Gasteiger partial charge >= 0.3 is 0 Å². The van der Waals surface area contributed by atoms with Crippen LogP contribution in [0, 0.1) is 11.8 Å². The van der Waals surface area contributed by atoms with Crippen molar-refractivity contribution in [2.45, 2.75) is 58.6 Å². The zero-order valence-corrected chi connectivity index (χ0v) is 13.2. The maximum Gasteiger partial charge on any atom is 0.0733 e. The van der Waals surface area contributed by atoms with E-state index in [-0.39, 0.29) is 0 Å². The highest BCUT2D eigenvalue weighted by Crippen LogP contribution is 2.30. The Balaban J connectivity index is 1.96. The molecule has 2 rings (SSSR count). The lowest BCUT2D eigenvalue weighted by Crippen LogP contribution is -2.19. The quantitative estimate of drug-likeness (QED) is 0.776. The van der Waals surface area contributed by atoms with Gasteiger partial charge in [-0.2, -0.15) is 0 Å². The number of rotatable bonds is 5. The molecule has 1 saturated carbocycles. The zero-order valence-electron chi connectivity index (χ0n) is 13.2. The molecule has 1 aromatic carbocycles. The minimum Gasteiger partial charge on any atom is -0.382 e. The highest BCUT2D eigenvalue weighted by molar-refractivity contribution is 5.51. The van der Waals surface area contributed by atoms with Gasteiger partial charge in [-0.25, -0.2) is 0 Å². The molecule has 0 spiro atoms. The van der Waals surface area contributed by atoms with Gasteiger partial charge in [0, 0.05) is 24.4 Å². The third-order valence-electron chi connectivity index (χ3n) is 4.63. The molecule has 1 aliphatic rings. The number of anilines is 1. The van der Waals surface area contributed by atoms with Gasteiger partial charge in [-0.3, -0.25) is 0 Å². The fourth-order valence-electron chi connectivity index (χ4n) is 3.30. The normalized spacial score (nSPS) is 23.6. The number of hydrogen-bond acceptors (Lipinski definition) is 2. The number of para-hydroxylation sites is 1. The van der Waals surface area contributed by atoms with E-state index in [0.29, 0.717) is 12.6 Å². The van der Waals surface area contributed by atoms with Crippen molar-refractivity contribution in [3.8, 4) is 0 Å². The summed E-state index contributed by atoms with van der Waals surface area (Å²) in [5, 5.41) is 3.75. The van der Waals surface area contributed by atoms with Crippen molar-refractivity contribution >= 4 is 5.69 Å². The van der Waals surface area contributed by atoms with Crippen molar-refractivity contribution in [1.82, 2.24) is 0 Å². The standard InChI is InChI=1S/C18H29NO/c1-14(2)15-8-6-9-17(12-11-15)19-18-10-5-4-7-16(18)13-20-3/h4-5,7,10,14-15,17,19H,6,8-9,11-13H2,1-3H3. The van der Waals surface area contributed by atoms with Crippen LogP contribution in [0.2, 0.25) is 0 Å². The molecule has 2 atom stereocenters. The summed E-state index contributed by atoms with van der Waals surface area (Å²) >= 11 is 0. The Labute approximate surface area is 123 Å². The molecule has 0 amide bonds. The average molecular weight is 275 g/mol. The fraction of sp³-hybridized carbons (Fsp3) is 0.667. The molecular formula is C18H29NO. The molecule has 1 N–H and O–H groups in total. The molecule has 0 aromatic heterocycles. The Bertz CT molecular complexity index is 402. The second-order valence-corrected chi connectivity index (χ2v) is 6.44. The summed E-state index contributed by atoms with van der Waals surface area (Å²) in [6.45, 7) is 5.42. The van der Waals surface area contributed by atoms with Crippen LogP contribution in [0.4, 0.5) is 5.69 Å². The molecule has 0 heterocycles. The van der Waals surface area contributed by atoms with E-state index >= 15 is 0 Å². The van der Waals surface area contributed by atoms with Crippen molar-refractivity contribution in [1.29, 1.82) is 0 Å². The highest BCUT2D eigenvalue weighted by Gasteiger charge is 2.21. The number of nitrogens with one attached hydrogen (secondary N) is 1. The Morgan fingerprint density at radius 3 is 2.70 bits per heavy atom. The Hall–Kier alpha value is -1.02. The molecule has 1 aliphatic carbocycles. The van der Waals surface area contributed by atoms with E-state index < -0.39 is 0 Å². The van der Waals surface area contributed by atoms with E-state index in [9.17, 15) is 0 Å². The summed E-state index contributed by atoms with van der Waals surface area (Å²) in [4.78, 5) is 0. The lowest BCUT2D eigenvalue weighted by atomic mass is 9.89. The maximum absolute atomic E-state index is 5.29. The summed E-state index contributed by atoms with van der Waals surface area (Å²) in [5.74, 6) is 1.74. The minimum absolute atomic E-state index is 0.622. The second kappa shape index (κ2) is 7.68. The average Bonchev–Trinajstić information content (AvgIpc) is 2.67.